The van der Waals surface area contributed by atoms with Gasteiger partial charge in [-0.1, -0.05) is 6.92 Å². The standard InChI is InChI=1S/C13H27NO/c1-6-13(7-8-13)10-14-11(2)9-12(3,4)15-5/h11,14H,6-10H2,1-5H3. The molecule has 0 radical (unpaired) electrons. The highest BCUT2D eigenvalue weighted by Gasteiger charge is 2.40. The molecule has 0 saturated heterocycles. The molecule has 15 heavy (non-hydrogen) atoms. The number of hydrogen-bond acceptors (Lipinski definition) is 2. The van der Waals surface area contributed by atoms with E-state index in [9.17, 15) is 0 Å². The minimum Gasteiger partial charge on any atom is -0.379 e. The fourth-order valence-electron chi connectivity index (χ4n) is 2.12. The van der Waals surface area contributed by atoms with Crippen molar-refractivity contribution in [2.24, 2.45) is 5.41 Å². The zero-order valence-electron chi connectivity index (χ0n) is 11.0. The summed E-state index contributed by atoms with van der Waals surface area (Å²) in [6.07, 6.45) is 5.22. The van der Waals surface area contributed by atoms with E-state index in [2.05, 4.69) is 33.0 Å². The van der Waals surface area contributed by atoms with Gasteiger partial charge in [-0.05, 0) is 51.9 Å². The fourth-order valence-corrected chi connectivity index (χ4v) is 2.12. The van der Waals surface area contributed by atoms with Gasteiger partial charge in [0.2, 0.25) is 0 Å². The molecule has 1 aliphatic rings. The van der Waals surface area contributed by atoms with Gasteiger partial charge in [-0.25, -0.2) is 0 Å². The van der Waals surface area contributed by atoms with Gasteiger partial charge in [0, 0.05) is 19.7 Å². The van der Waals surface area contributed by atoms with Gasteiger partial charge in [0.25, 0.3) is 0 Å². The molecule has 0 aliphatic heterocycles. The van der Waals surface area contributed by atoms with Gasteiger partial charge in [0.1, 0.15) is 0 Å². The van der Waals surface area contributed by atoms with E-state index >= 15 is 0 Å². The molecule has 0 bridgehead atoms. The summed E-state index contributed by atoms with van der Waals surface area (Å²) in [4.78, 5) is 0. The van der Waals surface area contributed by atoms with Crippen molar-refractivity contribution in [3.63, 3.8) is 0 Å². The van der Waals surface area contributed by atoms with Crippen LogP contribution in [0.5, 0.6) is 0 Å². The molecule has 0 amide bonds. The summed E-state index contributed by atoms with van der Waals surface area (Å²) in [7, 11) is 1.79. The second-order valence-electron chi connectivity index (χ2n) is 5.80. The van der Waals surface area contributed by atoms with Crippen LogP contribution in [-0.2, 0) is 4.74 Å². The first-order chi connectivity index (χ1) is 6.93. The maximum atomic E-state index is 5.44. The first-order valence-corrected chi connectivity index (χ1v) is 6.22. The molecule has 0 aromatic heterocycles. The van der Waals surface area contributed by atoms with Crippen molar-refractivity contribution in [3.8, 4) is 0 Å². The Labute approximate surface area is 94.8 Å². The average molecular weight is 213 g/mol. The van der Waals surface area contributed by atoms with Crippen LogP contribution in [-0.4, -0.2) is 25.3 Å². The van der Waals surface area contributed by atoms with E-state index in [-0.39, 0.29) is 5.60 Å². The van der Waals surface area contributed by atoms with Gasteiger partial charge in [-0.15, -0.1) is 0 Å². The Bertz CT molecular complexity index is 197. The molecule has 1 aliphatic carbocycles. The van der Waals surface area contributed by atoms with Crippen LogP contribution in [0.25, 0.3) is 0 Å². The quantitative estimate of drug-likeness (QED) is 0.702. The Morgan fingerprint density at radius 2 is 2.00 bits per heavy atom. The van der Waals surface area contributed by atoms with E-state index in [1.165, 1.54) is 25.8 Å². The van der Waals surface area contributed by atoms with Crippen LogP contribution in [0.1, 0.15) is 53.4 Å². The molecule has 0 spiro atoms. The van der Waals surface area contributed by atoms with Crippen molar-refractivity contribution in [1.82, 2.24) is 5.32 Å². The van der Waals surface area contributed by atoms with Crippen LogP contribution in [0.2, 0.25) is 0 Å². The fraction of sp³-hybridized carbons (Fsp3) is 1.00. The lowest BCUT2D eigenvalue weighted by molar-refractivity contribution is 0.00819. The van der Waals surface area contributed by atoms with Gasteiger partial charge in [-0.3, -0.25) is 0 Å². The zero-order chi connectivity index (χ0) is 11.5. The summed E-state index contributed by atoms with van der Waals surface area (Å²) in [6.45, 7) is 10.0. The summed E-state index contributed by atoms with van der Waals surface area (Å²) in [5.41, 5.74) is 0.640. The number of hydrogen-bond donors (Lipinski definition) is 1. The Morgan fingerprint density at radius 3 is 2.40 bits per heavy atom. The highest BCUT2D eigenvalue weighted by molar-refractivity contribution is 4.94. The van der Waals surface area contributed by atoms with Gasteiger partial charge in [0.05, 0.1) is 5.60 Å². The molecule has 2 heteroatoms. The number of rotatable bonds is 7. The molecule has 1 saturated carbocycles. The first-order valence-electron chi connectivity index (χ1n) is 6.22. The lowest BCUT2D eigenvalue weighted by atomic mass is 9.98. The van der Waals surface area contributed by atoms with Gasteiger partial charge in [-0.2, -0.15) is 0 Å². The zero-order valence-corrected chi connectivity index (χ0v) is 11.0. The molecule has 1 unspecified atom stereocenters. The first kappa shape index (κ1) is 13.0. The van der Waals surface area contributed by atoms with Gasteiger partial charge >= 0.3 is 0 Å². The smallest absolute Gasteiger partial charge is 0.0637 e. The Balaban J connectivity index is 2.21. The van der Waals surface area contributed by atoms with E-state index in [1.54, 1.807) is 7.11 Å². The molecule has 90 valence electrons. The number of nitrogens with one attached hydrogen (secondary N) is 1. The van der Waals surface area contributed by atoms with E-state index in [0.717, 1.165) is 6.42 Å². The average Bonchev–Trinajstić information content (AvgIpc) is 2.95. The van der Waals surface area contributed by atoms with Crippen LogP contribution in [0.3, 0.4) is 0 Å². The lowest BCUT2D eigenvalue weighted by Gasteiger charge is -2.28. The van der Waals surface area contributed by atoms with Crippen LogP contribution < -0.4 is 5.32 Å². The summed E-state index contributed by atoms with van der Waals surface area (Å²) in [5.74, 6) is 0. The van der Waals surface area contributed by atoms with E-state index in [0.29, 0.717) is 11.5 Å². The molecular weight excluding hydrogens is 186 g/mol. The van der Waals surface area contributed by atoms with Crippen molar-refractivity contribution in [1.29, 1.82) is 0 Å². The van der Waals surface area contributed by atoms with Crippen molar-refractivity contribution in [2.45, 2.75) is 65.0 Å². The molecule has 1 rings (SSSR count). The summed E-state index contributed by atoms with van der Waals surface area (Å²) < 4.78 is 5.44. The predicted octanol–water partition coefficient (Wildman–Crippen LogP) is 2.97. The van der Waals surface area contributed by atoms with Crippen molar-refractivity contribution in [2.75, 3.05) is 13.7 Å². The SMILES string of the molecule is CCC1(CNC(C)CC(C)(C)OC)CC1. The minimum absolute atomic E-state index is 0.00462. The normalized spacial score (nSPS) is 21.4. The Hall–Kier alpha value is -0.0800. The molecular formula is C13H27NO. The monoisotopic (exact) mass is 213 g/mol. The van der Waals surface area contributed by atoms with Crippen molar-refractivity contribution < 1.29 is 4.74 Å². The third-order valence-corrected chi connectivity index (χ3v) is 3.88. The molecule has 1 N–H and O–H groups in total. The largest absolute Gasteiger partial charge is 0.379 e. The summed E-state index contributed by atoms with van der Waals surface area (Å²) in [5, 5.41) is 3.65. The highest BCUT2D eigenvalue weighted by Crippen LogP contribution is 2.47. The molecule has 1 fully saturated rings. The van der Waals surface area contributed by atoms with E-state index < -0.39 is 0 Å². The number of methoxy groups -OCH3 is 1. The molecule has 0 aromatic rings. The number of ether oxygens (including phenoxy) is 1. The van der Waals surface area contributed by atoms with Crippen molar-refractivity contribution in [3.05, 3.63) is 0 Å². The molecule has 0 aromatic carbocycles. The lowest BCUT2D eigenvalue weighted by Crippen LogP contribution is -2.38. The topological polar surface area (TPSA) is 21.3 Å². The summed E-state index contributed by atoms with van der Waals surface area (Å²) >= 11 is 0. The van der Waals surface area contributed by atoms with Crippen molar-refractivity contribution >= 4 is 0 Å². The molecule has 2 nitrogen and oxygen atoms in total. The second-order valence-corrected chi connectivity index (χ2v) is 5.80. The Morgan fingerprint density at radius 1 is 1.40 bits per heavy atom. The molecule has 0 heterocycles. The third-order valence-electron chi connectivity index (χ3n) is 3.88. The van der Waals surface area contributed by atoms with Crippen LogP contribution >= 0.6 is 0 Å². The van der Waals surface area contributed by atoms with Gasteiger partial charge in [0.15, 0.2) is 0 Å². The maximum Gasteiger partial charge on any atom is 0.0637 e. The maximum absolute atomic E-state index is 5.44. The third kappa shape index (κ3) is 4.12. The van der Waals surface area contributed by atoms with Gasteiger partial charge < -0.3 is 10.1 Å². The van der Waals surface area contributed by atoms with Crippen LogP contribution in [0.4, 0.5) is 0 Å². The van der Waals surface area contributed by atoms with E-state index in [1.807, 2.05) is 0 Å². The molecule has 1 atom stereocenters. The Kier molecular flexibility index (Phi) is 4.19. The van der Waals surface area contributed by atoms with Crippen LogP contribution in [0.15, 0.2) is 0 Å². The summed E-state index contributed by atoms with van der Waals surface area (Å²) in [6, 6.07) is 0.545. The predicted molar refractivity (Wildman–Crippen MR) is 65.1 cm³/mol. The minimum atomic E-state index is -0.00462. The highest BCUT2D eigenvalue weighted by atomic mass is 16.5. The van der Waals surface area contributed by atoms with E-state index in [4.69, 9.17) is 4.74 Å². The second kappa shape index (κ2) is 4.84. The van der Waals surface area contributed by atoms with Crippen LogP contribution in [0, 0.1) is 5.41 Å².